The molecule has 0 aromatic heterocycles. The molecular weight excluding hydrogens is 176 g/mol. The Bertz CT molecular complexity index is 327. The van der Waals surface area contributed by atoms with Gasteiger partial charge in [-0.3, -0.25) is 0 Å². The van der Waals surface area contributed by atoms with E-state index < -0.39 is 0 Å². The first-order valence-electron chi connectivity index (χ1n) is 4.76. The van der Waals surface area contributed by atoms with Crippen LogP contribution in [0.5, 0.6) is 11.5 Å². The largest absolute Gasteiger partial charge is 0.504 e. The number of ether oxygens (including phenoxy) is 1. The molecule has 1 aromatic rings. The van der Waals surface area contributed by atoms with E-state index in [1.165, 1.54) is 0 Å². The van der Waals surface area contributed by atoms with Crippen LogP contribution in [0.1, 0.15) is 26.3 Å². The molecule has 1 aromatic carbocycles. The summed E-state index contributed by atoms with van der Waals surface area (Å²) in [7, 11) is 0. The van der Waals surface area contributed by atoms with E-state index in [0.29, 0.717) is 5.75 Å². The standard InChI is InChI=1S/C12H16O2/c1-4-5-10-6-7-11(13)12(8-10)14-9(2)3/h4-9,13H,1-3H3/b5-4+. The van der Waals surface area contributed by atoms with E-state index in [2.05, 4.69) is 0 Å². The Hall–Kier alpha value is -1.44. The van der Waals surface area contributed by atoms with Crippen molar-refractivity contribution in [1.29, 1.82) is 0 Å². The molecule has 0 spiro atoms. The highest BCUT2D eigenvalue weighted by Crippen LogP contribution is 2.28. The lowest BCUT2D eigenvalue weighted by Gasteiger charge is -2.11. The van der Waals surface area contributed by atoms with E-state index in [1.807, 2.05) is 45.1 Å². The molecule has 76 valence electrons. The SMILES string of the molecule is C/C=C/c1ccc(O)c(OC(C)C)c1. The van der Waals surface area contributed by atoms with Crippen molar-refractivity contribution in [2.45, 2.75) is 26.9 Å². The maximum Gasteiger partial charge on any atom is 0.161 e. The molecule has 0 saturated heterocycles. The zero-order chi connectivity index (χ0) is 10.6. The number of phenols is 1. The summed E-state index contributed by atoms with van der Waals surface area (Å²) in [5, 5.41) is 9.50. The van der Waals surface area contributed by atoms with Gasteiger partial charge in [-0.05, 0) is 38.5 Å². The summed E-state index contributed by atoms with van der Waals surface area (Å²) in [6.45, 7) is 5.82. The van der Waals surface area contributed by atoms with E-state index in [0.717, 1.165) is 5.56 Å². The van der Waals surface area contributed by atoms with Crippen LogP contribution in [-0.4, -0.2) is 11.2 Å². The lowest BCUT2D eigenvalue weighted by Crippen LogP contribution is -2.05. The molecule has 0 radical (unpaired) electrons. The third-order valence-electron chi connectivity index (χ3n) is 1.71. The first-order chi connectivity index (χ1) is 6.63. The molecule has 0 fully saturated rings. The molecule has 0 atom stereocenters. The zero-order valence-corrected chi connectivity index (χ0v) is 8.82. The number of hydrogen-bond donors (Lipinski definition) is 1. The average molecular weight is 192 g/mol. The third kappa shape index (κ3) is 2.80. The summed E-state index contributed by atoms with van der Waals surface area (Å²) in [5.74, 6) is 0.725. The molecule has 14 heavy (non-hydrogen) atoms. The zero-order valence-electron chi connectivity index (χ0n) is 8.82. The van der Waals surface area contributed by atoms with Gasteiger partial charge in [-0.25, -0.2) is 0 Å². The molecule has 2 heteroatoms. The molecule has 0 aliphatic heterocycles. The first kappa shape index (κ1) is 10.6. The van der Waals surface area contributed by atoms with Gasteiger partial charge in [-0.15, -0.1) is 0 Å². The van der Waals surface area contributed by atoms with Crippen LogP contribution in [-0.2, 0) is 0 Å². The van der Waals surface area contributed by atoms with E-state index >= 15 is 0 Å². The monoisotopic (exact) mass is 192 g/mol. The summed E-state index contributed by atoms with van der Waals surface area (Å²) in [5.41, 5.74) is 1.03. The molecule has 0 aliphatic rings. The van der Waals surface area contributed by atoms with Crippen LogP contribution in [0.15, 0.2) is 24.3 Å². The molecule has 0 heterocycles. The van der Waals surface area contributed by atoms with Crippen LogP contribution < -0.4 is 4.74 Å². The molecule has 1 rings (SSSR count). The minimum absolute atomic E-state index is 0.0711. The fourth-order valence-corrected chi connectivity index (χ4v) is 1.18. The van der Waals surface area contributed by atoms with Gasteiger partial charge in [0.15, 0.2) is 11.5 Å². The van der Waals surface area contributed by atoms with Crippen molar-refractivity contribution >= 4 is 6.08 Å². The van der Waals surface area contributed by atoms with Crippen molar-refractivity contribution < 1.29 is 9.84 Å². The molecule has 0 unspecified atom stereocenters. The highest BCUT2D eigenvalue weighted by Gasteiger charge is 2.04. The Morgan fingerprint density at radius 1 is 1.36 bits per heavy atom. The maximum atomic E-state index is 9.50. The summed E-state index contributed by atoms with van der Waals surface area (Å²) >= 11 is 0. The second kappa shape index (κ2) is 4.70. The molecular formula is C12H16O2. The van der Waals surface area contributed by atoms with Crippen molar-refractivity contribution in [2.75, 3.05) is 0 Å². The van der Waals surface area contributed by atoms with Crippen molar-refractivity contribution in [3.63, 3.8) is 0 Å². The van der Waals surface area contributed by atoms with E-state index in [4.69, 9.17) is 4.74 Å². The Morgan fingerprint density at radius 2 is 2.07 bits per heavy atom. The van der Waals surface area contributed by atoms with Gasteiger partial charge in [0.25, 0.3) is 0 Å². The molecule has 0 bridgehead atoms. The number of hydrogen-bond acceptors (Lipinski definition) is 2. The maximum absolute atomic E-state index is 9.50. The van der Waals surface area contributed by atoms with Crippen molar-refractivity contribution in [2.24, 2.45) is 0 Å². The summed E-state index contributed by atoms with van der Waals surface area (Å²) in [4.78, 5) is 0. The van der Waals surface area contributed by atoms with E-state index in [-0.39, 0.29) is 11.9 Å². The van der Waals surface area contributed by atoms with Crippen LogP contribution in [0.4, 0.5) is 0 Å². The molecule has 0 amide bonds. The van der Waals surface area contributed by atoms with Gasteiger partial charge in [0.1, 0.15) is 0 Å². The minimum atomic E-state index is 0.0711. The fraction of sp³-hybridized carbons (Fsp3) is 0.333. The highest BCUT2D eigenvalue weighted by molar-refractivity contribution is 5.55. The second-order valence-electron chi connectivity index (χ2n) is 3.39. The smallest absolute Gasteiger partial charge is 0.161 e. The Kier molecular flexibility index (Phi) is 3.57. The number of allylic oxidation sites excluding steroid dienone is 1. The fourth-order valence-electron chi connectivity index (χ4n) is 1.18. The van der Waals surface area contributed by atoms with E-state index in [9.17, 15) is 5.11 Å². The van der Waals surface area contributed by atoms with Gasteiger partial charge in [-0.2, -0.15) is 0 Å². The first-order valence-corrected chi connectivity index (χ1v) is 4.76. The second-order valence-corrected chi connectivity index (χ2v) is 3.39. The number of rotatable bonds is 3. The van der Waals surface area contributed by atoms with E-state index in [1.54, 1.807) is 6.07 Å². The molecule has 2 nitrogen and oxygen atoms in total. The molecule has 0 saturated carbocycles. The van der Waals surface area contributed by atoms with Crippen LogP contribution in [0.2, 0.25) is 0 Å². The lowest BCUT2D eigenvalue weighted by molar-refractivity contribution is 0.232. The Labute approximate surface area is 84.8 Å². The average Bonchev–Trinajstić information content (AvgIpc) is 2.10. The predicted molar refractivity (Wildman–Crippen MR) is 58.6 cm³/mol. The van der Waals surface area contributed by atoms with Crippen molar-refractivity contribution in [3.8, 4) is 11.5 Å². The van der Waals surface area contributed by atoms with Crippen molar-refractivity contribution in [1.82, 2.24) is 0 Å². The Morgan fingerprint density at radius 3 is 2.64 bits per heavy atom. The third-order valence-corrected chi connectivity index (χ3v) is 1.71. The molecule has 0 aliphatic carbocycles. The minimum Gasteiger partial charge on any atom is -0.504 e. The van der Waals surface area contributed by atoms with Gasteiger partial charge in [0.2, 0.25) is 0 Å². The van der Waals surface area contributed by atoms with Crippen LogP contribution in [0.3, 0.4) is 0 Å². The Balaban J connectivity index is 2.96. The van der Waals surface area contributed by atoms with Gasteiger partial charge in [-0.1, -0.05) is 18.2 Å². The highest BCUT2D eigenvalue weighted by atomic mass is 16.5. The number of phenolic OH excluding ortho intramolecular Hbond substituents is 1. The van der Waals surface area contributed by atoms with Gasteiger partial charge in [0.05, 0.1) is 6.10 Å². The molecule has 1 N–H and O–H groups in total. The lowest BCUT2D eigenvalue weighted by atomic mass is 10.2. The number of aromatic hydroxyl groups is 1. The topological polar surface area (TPSA) is 29.5 Å². The number of benzene rings is 1. The van der Waals surface area contributed by atoms with Gasteiger partial charge < -0.3 is 9.84 Å². The summed E-state index contributed by atoms with van der Waals surface area (Å²) in [6.07, 6.45) is 3.99. The van der Waals surface area contributed by atoms with Crippen LogP contribution in [0.25, 0.3) is 6.08 Å². The van der Waals surface area contributed by atoms with Gasteiger partial charge in [0, 0.05) is 0 Å². The van der Waals surface area contributed by atoms with Crippen molar-refractivity contribution in [3.05, 3.63) is 29.8 Å². The predicted octanol–water partition coefficient (Wildman–Crippen LogP) is 3.21. The van der Waals surface area contributed by atoms with Crippen LogP contribution >= 0.6 is 0 Å². The van der Waals surface area contributed by atoms with Crippen LogP contribution in [0, 0.1) is 0 Å². The normalized spacial score (nSPS) is 11.1. The summed E-state index contributed by atoms with van der Waals surface area (Å²) < 4.78 is 5.45. The summed E-state index contributed by atoms with van der Waals surface area (Å²) in [6, 6.07) is 5.32. The quantitative estimate of drug-likeness (QED) is 0.796. The van der Waals surface area contributed by atoms with Gasteiger partial charge >= 0.3 is 0 Å².